The second-order valence-corrected chi connectivity index (χ2v) is 8.22. The smallest absolute Gasteiger partial charge is 0.274 e. The van der Waals surface area contributed by atoms with Crippen LogP contribution in [0.15, 0.2) is 36.8 Å². The van der Waals surface area contributed by atoms with E-state index in [2.05, 4.69) is 15.0 Å². The first-order valence-corrected chi connectivity index (χ1v) is 10.3. The summed E-state index contributed by atoms with van der Waals surface area (Å²) in [6, 6.07) is 5.89. The molecule has 2 amide bonds. The molecule has 2 aliphatic heterocycles. The Labute approximate surface area is 171 Å². The molecule has 0 unspecified atom stereocenters. The van der Waals surface area contributed by atoms with E-state index in [9.17, 15) is 9.59 Å². The molecule has 7 heteroatoms. The molecule has 0 aromatic carbocycles. The summed E-state index contributed by atoms with van der Waals surface area (Å²) in [5.74, 6) is 0.186. The van der Waals surface area contributed by atoms with E-state index in [0.29, 0.717) is 31.7 Å². The van der Waals surface area contributed by atoms with Crippen molar-refractivity contribution < 1.29 is 9.59 Å². The van der Waals surface area contributed by atoms with E-state index in [-0.39, 0.29) is 17.2 Å². The third-order valence-corrected chi connectivity index (χ3v) is 6.22. The predicted molar refractivity (Wildman–Crippen MR) is 108 cm³/mol. The van der Waals surface area contributed by atoms with Crippen molar-refractivity contribution >= 4 is 11.8 Å². The molecule has 2 aliphatic rings. The highest BCUT2D eigenvalue weighted by molar-refractivity contribution is 5.92. The van der Waals surface area contributed by atoms with Crippen molar-refractivity contribution in [1.29, 1.82) is 0 Å². The molecule has 0 radical (unpaired) electrons. The molecule has 0 aliphatic carbocycles. The van der Waals surface area contributed by atoms with Gasteiger partial charge in [0.05, 0.1) is 11.9 Å². The van der Waals surface area contributed by atoms with Crippen molar-refractivity contribution in [3.8, 4) is 0 Å². The number of carbonyl (C=O) groups is 2. The van der Waals surface area contributed by atoms with Crippen molar-refractivity contribution in [3.05, 3.63) is 53.9 Å². The highest BCUT2D eigenvalue weighted by atomic mass is 16.2. The van der Waals surface area contributed by atoms with Crippen LogP contribution in [0.3, 0.4) is 0 Å². The Morgan fingerprint density at radius 2 is 1.93 bits per heavy atom. The fourth-order valence-corrected chi connectivity index (χ4v) is 4.36. The Kier molecular flexibility index (Phi) is 5.56. The zero-order valence-corrected chi connectivity index (χ0v) is 16.9. The van der Waals surface area contributed by atoms with Gasteiger partial charge in [-0.1, -0.05) is 6.07 Å². The first-order valence-electron chi connectivity index (χ1n) is 10.3. The summed E-state index contributed by atoms with van der Waals surface area (Å²) in [6.45, 7) is 4.76. The molecule has 2 fully saturated rings. The third-order valence-electron chi connectivity index (χ3n) is 6.22. The van der Waals surface area contributed by atoms with Crippen molar-refractivity contribution in [1.82, 2.24) is 24.8 Å². The first kappa shape index (κ1) is 19.5. The molecule has 7 nitrogen and oxygen atoms in total. The molecule has 0 saturated carbocycles. The molecular formula is C22H27N5O2. The Morgan fingerprint density at radius 3 is 2.62 bits per heavy atom. The molecule has 2 aromatic heterocycles. The molecule has 1 spiro atoms. The van der Waals surface area contributed by atoms with Crippen LogP contribution in [-0.2, 0) is 11.2 Å². The van der Waals surface area contributed by atoms with Crippen LogP contribution in [-0.4, -0.2) is 62.7 Å². The molecule has 0 bridgehead atoms. The average Bonchev–Trinajstić information content (AvgIpc) is 2.76. The molecule has 0 N–H and O–H groups in total. The molecule has 152 valence electrons. The zero-order valence-electron chi connectivity index (χ0n) is 16.9. The lowest BCUT2D eigenvalue weighted by Crippen LogP contribution is -2.52. The highest BCUT2D eigenvalue weighted by Crippen LogP contribution is 2.40. The van der Waals surface area contributed by atoms with E-state index in [0.717, 1.165) is 43.6 Å². The number of pyridine rings is 1. The van der Waals surface area contributed by atoms with Gasteiger partial charge < -0.3 is 9.80 Å². The fourth-order valence-electron chi connectivity index (χ4n) is 4.36. The standard InChI is InChI=1S/C22H27N5O2/c1-17-14-25-19(15-24-17)21(29)26-12-8-22(9-13-26)7-5-20(28)27(16-22)11-6-18-4-2-3-10-23-18/h2-4,10,14-15H,5-9,11-13,16H2,1H3. The summed E-state index contributed by atoms with van der Waals surface area (Å²) in [5.41, 5.74) is 2.34. The minimum atomic E-state index is -0.0498. The summed E-state index contributed by atoms with van der Waals surface area (Å²) < 4.78 is 0. The van der Waals surface area contributed by atoms with Gasteiger partial charge in [-0.2, -0.15) is 0 Å². The summed E-state index contributed by atoms with van der Waals surface area (Å²) >= 11 is 0. The lowest BCUT2D eigenvalue weighted by atomic mass is 9.72. The molecule has 4 rings (SSSR count). The number of aromatic nitrogens is 3. The summed E-state index contributed by atoms with van der Waals surface area (Å²) in [7, 11) is 0. The number of hydrogen-bond donors (Lipinski definition) is 0. The van der Waals surface area contributed by atoms with Crippen LogP contribution in [0.4, 0.5) is 0 Å². The highest BCUT2D eigenvalue weighted by Gasteiger charge is 2.41. The predicted octanol–water partition coefficient (Wildman–Crippen LogP) is 2.27. The number of rotatable bonds is 4. The number of aryl methyl sites for hydroxylation is 1. The van der Waals surface area contributed by atoms with E-state index in [4.69, 9.17) is 0 Å². The van der Waals surface area contributed by atoms with E-state index in [1.165, 1.54) is 0 Å². The van der Waals surface area contributed by atoms with E-state index in [1.54, 1.807) is 18.6 Å². The number of amides is 2. The number of nitrogens with zero attached hydrogens (tertiary/aromatic N) is 5. The Balaban J connectivity index is 1.35. The summed E-state index contributed by atoms with van der Waals surface area (Å²) in [5, 5.41) is 0. The molecular weight excluding hydrogens is 366 g/mol. The fraction of sp³-hybridized carbons (Fsp3) is 0.500. The summed E-state index contributed by atoms with van der Waals surface area (Å²) in [4.78, 5) is 41.8. The minimum Gasteiger partial charge on any atom is -0.342 e. The monoisotopic (exact) mass is 393 g/mol. The topological polar surface area (TPSA) is 79.3 Å². The largest absolute Gasteiger partial charge is 0.342 e. The van der Waals surface area contributed by atoms with Gasteiger partial charge in [0.25, 0.3) is 5.91 Å². The number of piperidine rings is 2. The van der Waals surface area contributed by atoms with Crippen LogP contribution in [0, 0.1) is 12.3 Å². The van der Waals surface area contributed by atoms with Crippen LogP contribution in [0.5, 0.6) is 0 Å². The van der Waals surface area contributed by atoms with Gasteiger partial charge in [-0.25, -0.2) is 4.98 Å². The Bertz CT molecular complexity index is 861. The van der Waals surface area contributed by atoms with Crippen molar-refractivity contribution in [2.24, 2.45) is 5.41 Å². The van der Waals surface area contributed by atoms with Gasteiger partial charge in [0.1, 0.15) is 5.69 Å². The molecule has 0 atom stereocenters. The second kappa shape index (κ2) is 8.27. The maximum absolute atomic E-state index is 12.7. The quantitative estimate of drug-likeness (QED) is 0.796. The van der Waals surface area contributed by atoms with Gasteiger partial charge in [0.15, 0.2) is 0 Å². The van der Waals surface area contributed by atoms with Crippen molar-refractivity contribution in [2.45, 2.75) is 39.0 Å². The SMILES string of the molecule is Cc1cnc(C(=O)N2CCC3(CCC(=O)N(CCc4ccccn4)C3)CC2)cn1. The molecule has 2 aromatic rings. The van der Waals surface area contributed by atoms with Gasteiger partial charge in [0, 0.05) is 57.1 Å². The Morgan fingerprint density at radius 1 is 1.10 bits per heavy atom. The lowest BCUT2D eigenvalue weighted by molar-refractivity contribution is -0.138. The Hall–Kier alpha value is -2.83. The minimum absolute atomic E-state index is 0.0498. The zero-order chi connectivity index (χ0) is 20.3. The normalized spacial score (nSPS) is 18.9. The molecule has 2 saturated heterocycles. The average molecular weight is 393 g/mol. The van der Waals surface area contributed by atoms with Crippen LogP contribution in [0.2, 0.25) is 0 Å². The number of likely N-dealkylation sites (tertiary alicyclic amines) is 2. The van der Waals surface area contributed by atoms with E-state index in [1.807, 2.05) is 34.9 Å². The second-order valence-electron chi connectivity index (χ2n) is 8.22. The van der Waals surface area contributed by atoms with Crippen LogP contribution < -0.4 is 0 Å². The maximum atomic E-state index is 12.7. The molecule has 29 heavy (non-hydrogen) atoms. The van der Waals surface area contributed by atoms with Gasteiger partial charge in [-0.15, -0.1) is 0 Å². The van der Waals surface area contributed by atoms with Gasteiger partial charge in [-0.05, 0) is 43.7 Å². The van der Waals surface area contributed by atoms with Crippen LogP contribution >= 0.6 is 0 Å². The van der Waals surface area contributed by atoms with Crippen LogP contribution in [0.1, 0.15) is 47.6 Å². The van der Waals surface area contributed by atoms with E-state index < -0.39 is 0 Å². The third kappa shape index (κ3) is 4.44. The lowest BCUT2D eigenvalue weighted by Gasteiger charge is -2.47. The van der Waals surface area contributed by atoms with Gasteiger partial charge in [0.2, 0.25) is 5.91 Å². The van der Waals surface area contributed by atoms with Gasteiger partial charge >= 0.3 is 0 Å². The number of hydrogen-bond acceptors (Lipinski definition) is 5. The van der Waals surface area contributed by atoms with Crippen LogP contribution in [0.25, 0.3) is 0 Å². The number of carbonyl (C=O) groups excluding carboxylic acids is 2. The van der Waals surface area contributed by atoms with Gasteiger partial charge in [-0.3, -0.25) is 19.6 Å². The van der Waals surface area contributed by atoms with Crippen molar-refractivity contribution in [3.63, 3.8) is 0 Å². The van der Waals surface area contributed by atoms with Crippen molar-refractivity contribution in [2.75, 3.05) is 26.2 Å². The molecule has 4 heterocycles. The first-order chi connectivity index (χ1) is 14.0. The summed E-state index contributed by atoms with van der Waals surface area (Å²) in [6.07, 6.45) is 9.11. The maximum Gasteiger partial charge on any atom is 0.274 e. The van der Waals surface area contributed by atoms with E-state index >= 15 is 0 Å².